The van der Waals surface area contributed by atoms with Crippen LogP contribution in [0, 0.1) is 5.41 Å². The summed E-state index contributed by atoms with van der Waals surface area (Å²) in [6.45, 7) is 6.21. The monoisotopic (exact) mass is 440 g/mol. The van der Waals surface area contributed by atoms with Crippen LogP contribution in [0.4, 0.5) is 5.69 Å². The molecule has 0 unspecified atom stereocenters. The highest BCUT2D eigenvalue weighted by Gasteiger charge is 2.40. The van der Waals surface area contributed by atoms with Crippen molar-refractivity contribution in [1.29, 1.82) is 5.41 Å². The number of carbonyl (C=O) groups excluding carboxylic acids is 2. The van der Waals surface area contributed by atoms with E-state index in [0.717, 1.165) is 0 Å². The number of nitrogens with zero attached hydrogens (tertiary/aromatic N) is 2. The molecule has 1 saturated heterocycles. The maximum absolute atomic E-state index is 13.2. The van der Waals surface area contributed by atoms with Crippen molar-refractivity contribution in [2.45, 2.75) is 44.8 Å². The van der Waals surface area contributed by atoms with Crippen LogP contribution in [0.15, 0.2) is 42.9 Å². The molecule has 2 aromatic rings. The van der Waals surface area contributed by atoms with E-state index >= 15 is 0 Å². The van der Waals surface area contributed by atoms with Gasteiger partial charge in [0.2, 0.25) is 0 Å². The Balaban J connectivity index is 1.73. The molecule has 1 aromatic carbocycles. The van der Waals surface area contributed by atoms with E-state index in [0.29, 0.717) is 43.0 Å². The zero-order chi connectivity index (χ0) is 23.2. The second kappa shape index (κ2) is 9.73. The van der Waals surface area contributed by atoms with Gasteiger partial charge in [-0.25, -0.2) is 14.8 Å². The van der Waals surface area contributed by atoms with Crippen molar-refractivity contribution in [2.75, 3.05) is 18.5 Å². The third-order valence-corrected chi connectivity index (χ3v) is 4.80. The summed E-state index contributed by atoms with van der Waals surface area (Å²) < 4.78 is 10.9. The molecule has 0 bridgehead atoms. The largest absolute Gasteiger partial charge is 0.456 e. The molecular weight excluding hydrogens is 412 g/mol. The van der Waals surface area contributed by atoms with Gasteiger partial charge in [-0.3, -0.25) is 21.1 Å². The predicted molar refractivity (Wildman–Crippen MR) is 118 cm³/mol. The number of nitrogens with one attached hydrogen (secondary N) is 4. The fraction of sp³-hybridized carbons (Fsp3) is 0.409. The summed E-state index contributed by atoms with van der Waals surface area (Å²) in [7, 11) is 0. The van der Waals surface area contributed by atoms with Crippen molar-refractivity contribution in [3.8, 4) is 0 Å². The molecule has 10 nitrogen and oxygen atoms in total. The average molecular weight is 441 g/mol. The second-order valence-corrected chi connectivity index (χ2v) is 8.45. The molecule has 170 valence electrons. The minimum atomic E-state index is -0.982. The Hall–Kier alpha value is -3.53. The highest BCUT2D eigenvalue weighted by atomic mass is 16.6. The molecule has 1 aromatic heterocycles. The first-order chi connectivity index (χ1) is 15.2. The Labute approximate surface area is 186 Å². The van der Waals surface area contributed by atoms with Gasteiger partial charge in [0, 0.05) is 37.9 Å². The number of anilines is 1. The Bertz CT molecular complexity index is 968. The van der Waals surface area contributed by atoms with Crippen LogP contribution in [0.1, 0.15) is 49.7 Å². The Kier molecular flexibility index (Phi) is 7.04. The van der Waals surface area contributed by atoms with E-state index < -0.39 is 17.1 Å². The minimum absolute atomic E-state index is 0.0603. The number of esters is 1. The molecule has 1 aliphatic rings. The van der Waals surface area contributed by atoms with Crippen LogP contribution >= 0.6 is 0 Å². The van der Waals surface area contributed by atoms with Crippen LogP contribution in [0.2, 0.25) is 0 Å². The molecule has 0 aliphatic carbocycles. The second-order valence-electron chi connectivity index (χ2n) is 8.45. The summed E-state index contributed by atoms with van der Waals surface area (Å²) in [6, 6.07) is 8.41. The smallest absolute Gasteiger partial charge is 0.338 e. The summed E-state index contributed by atoms with van der Waals surface area (Å²) in [5, 5.41) is 11.3. The lowest BCUT2D eigenvalue weighted by Crippen LogP contribution is -2.59. The van der Waals surface area contributed by atoms with Gasteiger partial charge in [0.1, 0.15) is 23.2 Å². The van der Waals surface area contributed by atoms with Gasteiger partial charge < -0.3 is 14.8 Å². The number of hydrazine groups is 1. The molecule has 1 aliphatic heterocycles. The lowest BCUT2D eigenvalue weighted by Gasteiger charge is -2.37. The number of aromatic nitrogens is 2. The fourth-order valence-electron chi connectivity index (χ4n) is 3.21. The van der Waals surface area contributed by atoms with Gasteiger partial charge in [0.25, 0.3) is 5.91 Å². The summed E-state index contributed by atoms with van der Waals surface area (Å²) >= 11 is 0. The van der Waals surface area contributed by atoms with Crippen molar-refractivity contribution >= 4 is 23.4 Å². The van der Waals surface area contributed by atoms with Crippen LogP contribution in [0.25, 0.3) is 0 Å². The molecule has 0 atom stereocenters. The molecule has 0 saturated carbocycles. The highest BCUT2D eigenvalue weighted by molar-refractivity contribution is 5.97. The lowest BCUT2D eigenvalue weighted by molar-refractivity contribution is -0.129. The molecule has 32 heavy (non-hydrogen) atoms. The molecule has 4 N–H and O–H groups in total. The number of rotatable bonds is 5. The standard InChI is InChI=1S/C22H28N6O4/c1-21(2,3)32-19(29)15-5-4-6-16(13-15)26-22(8-11-31-12-9-22)20(30)28-27-18(23)17-7-10-24-14-25-17/h4-7,10,13-14,26H,8-9,11-12H2,1-3H3,(H2,23,27)(H,28,30). The molecule has 3 rings (SSSR count). The van der Waals surface area contributed by atoms with Gasteiger partial charge in [-0.15, -0.1) is 0 Å². The number of hydrogen-bond acceptors (Lipinski definition) is 8. The van der Waals surface area contributed by atoms with Crippen molar-refractivity contribution in [3.63, 3.8) is 0 Å². The Morgan fingerprint density at radius 1 is 1.16 bits per heavy atom. The third kappa shape index (κ3) is 6.01. The Morgan fingerprint density at radius 3 is 2.56 bits per heavy atom. The first-order valence-electron chi connectivity index (χ1n) is 10.3. The molecule has 1 fully saturated rings. The number of carbonyl (C=O) groups is 2. The maximum Gasteiger partial charge on any atom is 0.338 e. The molecule has 0 spiro atoms. The van der Waals surface area contributed by atoms with Gasteiger partial charge in [-0.2, -0.15) is 0 Å². The SMILES string of the molecule is CC(C)(C)OC(=O)c1cccc(NC2(C(=O)NNC(=N)c3ccncn3)CCOCC2)c1. The van der Waals surface area contributed by atoms with E-state index in [1.807, 2.05) is 0 Å². The van der Waals surface area contributed by atoms with Crippen molar-refractivity contribution < 1.29 is 19.1 Å². The Morgan fingerprint density at radius 2 is 1.91 bits per heavy atom. The average Bonchev–Trinajstić information content (AvgIpc) is 2.77. The fourth-order valence-corrected chi connectivity index (χ4v) is 3.21. The minimum Gasteiger partial charge on any atom is -0.456 e. The van der Waals surface area contributed by atoms with Gasteiger partial charge in [-0.1, -0.05) is 6.07 Å². The lowest BCUT2D eigenvalue weighted by atomic mass is 9.88. The first-order valence-corrected chi connectivity index (χ1v) is 10.3. The number of ether oxygens (including phenoxy) is 2. The van der Waals surface area contributed by atoms with E-state index in [9.17, 15) is 9.59 Å². The molecule has 1 amide bonds. The van der Waals surface area contributed by atoms with E-state index in [1.54, 1.807) is 51.1 Å². The third-order valence-electron chi connectivity index (χ3n) is 4.80. The van der Waals surface area contributed by atoms with Crippen molar-refractivity contribution in [1.82, 2.24) is 20.8 Å². The maximum atomic E-state index is 13.2. The highest BCUT2D eigenvalue weighted by Crippen LogP contribution is 2.27. The van der Waals surface area contributed by atoms with E-state index in [2.05, 4.69) is 26.1 Å². The zero-order valence-electron chi connectivity index (χ0n) is 18.4. The molecule has 10 heteroatoms. The topological polar surface area (TPSA) is 138 Å². The van der Waals surface area contributed by atoms with Gasteiger partial charge >= 0.3 is 5.97 Å². The summed E-state index contributed by atoms with van der Waals surface area (Å²) in [6.07, 6.45) is 3.67. The summed E-state index contributed by atoms with van der Waals surface area (Å²) in [4.78, 5) is 33.4. The quantitative estimate of drug-likeness (QED) is 0.240. The number of hydrogen-bond donors (Lipinski definition) is 4. The van der Waals surface area contributed by atoms with Crippen molar-refractivity contribution in [2.24, 2.45) is 0 Å². The molecule has 2 heterocycles. The van der Waals surface area contributed by atoms with Crippen LogP contribution in [0.5, 0.6) is 0 Å². The van der Waals surface area contributed by atoms with E-state index in [-0.39, 0.29) is 11.7 Å². The summed E-state index contributed by atoms with van der Waals surface area (Å²) in [5.74, 6) is -0.844. The van der Waals surface area contributed by atoms with Crippen LogP contribution in [0.3, 0.4) is 0 Å². The molecule has 0 radical (unpaired) electrons. The summed E-state index contributed by atoms with van der Waals surface area (Å²) in [5.41, 5.74) is 4.95. The normalized spacial score (nSPS) is 15.3. The van der Waals surface area contributed by atoms with Gasteiger partial charge in [0.15, 0.2) is 5.84 Å². The van der Waals surface area contributed by atoms with Crippen LogP contribution < -0.4 is 16.2 Å². The van der Waals surface area contributed by atoms with Gasteiger partial charge in [-0.05, 0) is 45.0 Å². The predicted octanol–water partition coefficient (Wildman–Crippen LogP) is 2.04. The number of amides is 1. The first kappa shape index (κ1) is 23.1. The van der Waals surface area contributed by atoms with Crippen LogP contribution in [-0.2, 0) is 14.3 Å². The van der Waals surface area contributed by atoms with Gasteiger partial charge in [0.05, 0.1) is 5.56 Å². The zero-order valence-corrected chi connectivity index (χ0v) is 18.4. The number of benzene rings is 1. The number of amidine groups is 1. The van der Waals surface area contributed by atoms with E-state index in [1.165, 1.54) is 12.5 Å². The van der Waals surface area contributed by atoms with Crippen molar-refractivity contribution in [3.05, 3.63) is 54.1 Å². The van der Waals surface area contributed by atoms with Crippen LogP contribution in [-0.4, -0.2) is 52.0 Å². The van der Waals surface area contributed by atoms with E-state index in [4.69, 9.17) is 14.9 Å². The molecular formula is C22H28N6O4.